The number of anilines is 1. The van der Waals surface area contributed by atoms with Crippen molar-refractivity contribution in [1.29, 1.82) is 0 Å². The minimum absolute atomic E-state index is 0. The smallest absolute Gasteiger partial charge is 0.188 e. The number of rotatable bonds is 5. The molecule has 2 unspecified atom stereocenters. The molecule has 1 saturated heterocycles. The Balaban J connectivity index is 0.00000192. The predicted molar refractivity (Wildman–Crippen MR) is 106 cm³/mol. The second-order valence-corrected chi connectivity index (χ2v) is 6.16. The largest absolute Gasteiger partial charge is 0.376 e. The number of fused-ring (bicyclic) bond motifs is 1. The number of nitrogens with one attached hydrogen (secondary N) is 1. The highest BCUT2D eigenvalue weighted by Crippen LogP contribution is 2.31. The highest BCUT2D eigenvalue weighted by molar-refractivity contribution is 14.0. The normalized spacial score (nSPS) is 23.5. The SMILES string of the molecule is CC1Cc2ccccc2N1CCNC(N)=NCC1CCCO1.I. The topological polar surface area (TPSA) is 62.9 Å². The molecule has 5 nitrogen and oxygen atoms in total. The third-order valence-corrected chi connectivity index (χ3v) is 4.50. The van der Waals surface area contributed by atoms with Crippen molar-refractivity contribution < 1.29 is 4.74 Å². The van der Waals surface area contributed by atoms with Crippen molar-refractivity contribution in [1.82, 2.24) is 5.32 Å². The summed E-state index contributed by atoms with van der Waals surface area (Å²) in [6.07, 6.45) is 3.61. The van der Waals surface area contributed by atoms with Crippen LogP contribution in [0.1, 0.15) is 25.3 Å². The summed E-state index contributed by atoms with van der Waals surface area (Å²) in [5.74, 6) is 0.524. The van der Waals surface area contributed by atoms with E-state index in [9.17, 15) is 0 Å². The molecule has 23 heavy (non-hydrogen) atoms. The summed E-state index contributed by atoms with van der Waals surface area (Å²) in [7, 11) is 0. The Kier molecular flexibility index (Phi) is 6.95. The van der Waals surface area contributed by atoms with Crippen molar-refractivity contribution in [2.75, 3.05) is 31.1 Å². The molecule has 0 radical (unpaired) electrons. The van der Waals surface area contributed by atoms with Crippen molar-refractivity contribution in [3.05, 3.63) is 29.8 Å². The number of nitrogens with two attached hydrogens (primary N) is 1. The van der Waals surface area contributed by atoms with Gasteiger partial charge in [-0.1, -0.05) is 18.2 Å². The average molecular weight is 430 g/mol. The first-order chi connectivity index (χ1) is 10.7. The highest BCUT2D eigenvalue weighted by atomic mass is 127. The van der Waals surface area contributed by atoms with Crippen molar-refractivity contribution >= 4 is 35.6 Å². The maximum Gasteiger partial charge on any atom is 0.188 e. The van der Waals surface area contributed by atoms with E-state index in [4.69, 9.17) is 10.5 Å². The average Bonchev–Trinajstić information content (AvgIpc) is 3.13. The van der Waals surface area contributed by atoms with E-state index in [2.05, 4.69) is 46.4 Å². The van der Waals surface area contributed by atoms with Crippen LogP contribution in [0, 0.1) is 0 Å². The zero-order valence-corrected chi connectivity index (χ0v) is 16.0. The number of guanidine groups is 1. The molecule has 0 aromatic heterocycles. The van der Waals surface area contributed by atoms with Crippen LogP contribution >= 0.6 is 24.0 Å². The molecule has 0 spiro atoms. The molecule has 2 aliphatic heterocycles. The molecule has 3 rings (SSSR count). The van der Waals surface area contributed by atoms with Gasteiger partial charge in [0.15, 0.2) is 5.96 Å². The van der Waals surface area contributed by atoms with E-state index in [-0.39, 0.29) is 30.1 Å². The van der Waals surface area contributed by atoms with Crippen molar-refractivity contribution in [3.63, 3.8) is 0 Å². The second kappa shape index (κ2) is 8.73. The lowest BCUT2D eigenvalue weighted by Gasteiger charge is -2.25. The van der Waals surface area contributed by atoms with Crippen molar-refractivity contribution in [3.8, 4) is 0 Å². The van der Waals surface area contributed by atoms with Gasteiger partial charge >= 0.3 is 0 Å². The minimum atomic E-state index is 0. The van der Waals surface area contributed by atoms with E-state index in [1.54, 1.807) is 0 Å². The summed E-state index contributed by atoms with van der Waals surface area (Å²) in [6, 6.07) is 9.19. The van der Waals surface area contributed by atoms with E-state index in [1.807, 2.05) is 0 Å². The summed E-state index contributed by atoms with van der Waals surface area (Å²) >= 11 is 0. The van der Waals surface area contributed by atoms with Crippen molar-refractivity contribution in [2.45, 2.75) is 38.3 Å². The van der Waals surface area contributed by atoms with Crippen LogP contribution in [0.5, 0.6) is 0 Å². The zero-order valence-electron chi connectivity index (χ0n) is 13.7. The molecule has 0 aliphatic carbocycles. The van der Waals surface area contributed by atoms with Gasteiger partial charge in [0.2, 0.25) is 0 Å². The van der Waals surface area contributed by atoms with Gasteiger partial charge in [0, 0.05) is 31.4 Å². The van der Waals surface area contributed by atoms with Crippen LogP contribution in [0.4, 0.5) is 5.69 Å². The number of halogens is 1. The Morgan fingerprint density at radius 1 is 1.43 bits per heavy atom. The first-order valence-corrected chi connectivity index (χ1v) is 8.24. The Morgan fingerprint density at radius 2 is 2.26 bits per heavy atom. The highest BCUT2D eigenvalue weighted by Gasteiger charge is 2.24. The molecule has 1 aromatic rings. The number of ether oxygens (including phenoxy) is 1. The third kappa shape index (κ3) is 4.73. The van der Waals surface area contributed by atoms with Crippen LogP contribution in [0.2, 0.25) is 0 Å². The fourth-order valence-corrected chi connectivity index (χ4v) is 3.32. The summed E-state index contributed by atoms with van der Waals surface area (Å²) in [4.78, 5) is 6.81. The van der Waals surface area contributed by atoms with Gasteiger partial charge in [-0.3, -0.25) is 4.99 Å². The maximum atomic E-state index is 5.93. The minimum Gasteiger partial charge on any atom is -0.376 e. The van der Waals surface area contributed by atoms with Crippen LogP contribution in [0.25, 0.3) is 0 Å². The number of aliphatic imine (C=N–C) groups is 1. The van der Waals surface area contributed by atoms with Gasteiger partial charge in [0.05, 0.1) is 12.6 Å². The molecule has 0 bridgehead atoms. The van der Waals surface area contributed by atoms with E-state index in [0.29, 0.717) is 18.5 Å². The molecule has 1 fully saturated rings. The second-order valence-electron chi connectivity index (χ2n) is 6.16. The lowest BCUT2D eigenvalue weighted by Crippen LogP contribution is -2.40. The lowest BCUT2D eigenvalue weighted by atomic mass is 10.1. The molecule has 2 atom stereocenters. The quantitative estimate of drug-likeness (QED) is 0.427. The molecule has 2 aliphatic rings. The van der Waals surface area contributed by atoms with Crippen LogP contribution in [0.3, 0.4) is 0 Å². The van der Waals surface area contributed by atoms with Gasteiger partial charge in [-0.05, 0) is 37.8 Å². The van der Waals surface area contributed by atoms with E-state index in [0.717, 1.165) is 39.0 Å². The van der Waals surface area contributed by atoms with E-state index in [1.165, 1.54) is 11.3 Å². The van der Waals surface area contributed by atoms with Crippen LogP contribution in [-0.2, 0) is 11.2 Å². The Morgan fingerprint density at radius 3 is 3.04 bits per heavy atom. The number of hydrogen-bond donors (Lipinski definition) is 2. The zero-order chi connectivity index (χ0) is 15.4. The lowest BCUT2D eigenvalue weighted by molar-refractivity contribution is 0.118. The van der Waals surface area contributed by atoms with Gasteiger partial charge in [0.1, 0.15) is 0 Å². The van der Waals surface area contributed by atoms with Crippen LogP contribution < -0.4 is 16.0 Å². The molecule has 3 N–H and O–H groups in total. The Hall–Kier alpha value is -1.02. The Bertz CT molecular complexity index is 531. The molecule has 128 valence electrons. The van der Waals surface area contributed by atoms with E-state index >= 15 is 0 Å². The monoisotopic (exact) mass is 430 g/mol. The summed E-state index contributed by atoms with van der Waals surface area (Å²) in [5.41, 5.74) is 8.72. The van der Waals surface area contributed by atoms with Crippen molar-refractivity contribution in [2.24, 2.45) is 10.7 Å². The summed E-state index contributed by atoms with van der Waals surface area (Å²) in [5, 5.41) is 3.22. The van der Waals surface area contributed by atoms with Gasteiger partial charge in [-0.15, -0.1) is 24.0 Å². The standard InChI is InChI=1S/C17H26N4O.HI/c1-13-11-14-5-2-3-7-16(14)21(13)9-8-19-17(18)20-12-15-6-4-10-22-15;/h2-3,5,7,13,15H,4,6,8-12H2,1H3,(H3,18,19,20);1H. The predicted octanol–water partition coefficient (Wildman–Crippen LogP) is 2.14. The molecule has 0 saturated carbocycles. The van der Waals surface area contributed by atoms with E-state index < -0.39 is 0 Å². The Labute approximate surface area is 155 Å². The molecule has 0 amide bonds. The first-order valence-electron chi connectivity index (χ1n) is 8.24. The van der Waals surface area contributed by atoms with Crippen LogP contribution in [-0.4, -0.2) is 44.3 Å². The first kappa shape index (κ1) is 18.3. The molecule has 2 heterocycles. The fourth-order valence-electron chi connectivity index (χ4n) is 3.32. The number of hydrogen-bond acceptors (Lipinski definition) is 3. The van der Waals surface area contributed by atoms with Gasteiger partial charge < -0.3 is 20.7 Å². The summed E-state index contributed by atoms with van der Waals surface area (Å²) in [6.45, 7) is 5.55. The molecule has 1 aromatic carbocycles. The number of nitrogens with zero attached hydrogens (tertiary/aromatic N) is 2. The van der Waals surface area contributed by atoms with Crippen LogP contribution in [0.15, 0.2) is 29.3 Å². The molecule has 6 heteroatoms. The van der Waals surface area contributed by atoms with Gasteiger partial charge in [0.25, 0.3) is 0 Å². The number of para-hydroxylation sites is 1. The maximum absolute atomic E-state index is 5.93. The molecular weight excluding hydrogens is 403 g/mol. The molecular formula is C17H27IN4O. The summed E-state index contributed by atoms with van der Waals surface area (Å²) < 4.78 is 5.54. The fraction of sp³-hybridized carbons (Fsp3) is 0.588. The van der Waals surface area contributed by atoms with Gasteiger partial charge in [-0.25, -0.2) is 0 Å². The third-order valence-electron chi connectivity index (χ3n) is 4.50. The van der Waals surface area contributed by atoms with Gasteiger partial charge in [-0.2, -0.15) is 0 Å². The number of benzene rings is 1.